The minimum absolute atomic E-state index is 0.0789. The maximum Gasteiger partial charge on any atom is 0.280 e. The summed E-state index contributed by atoms with van der Waals surface area (Å²) in [6.07, 6.45) is 2.94. The van der Waals surface area contributed by atoms with Crippen LogP contribution in [0.25, 0.3) is 10.2 Å². The number of carbonyl (C=O) groups is 1. The van der Waals surface area contributed by atoms with E-state index in [9.17, 15) is 13.2 Å². The lowest BCUT2D eigenvalue weighted by Gasteiger charge is -2.23. The second-order valence-electron chi connectivity index (χ2n) is 8.02. The maximum atomic E-state index is 13.6. The monoisotopic (exact) mass is 608 g/mol. The van der Waals surface area contributed by atoms with E-state index >= 15 is 0 Å². The van der Waals surface area contributed by atoms with Gasteiger partial charge in [-0.15, -0.1) is 0 Å². The van der Waals surface area contributed by atoms with Crippen molar-refractivity contribution >= 4 is 70.4 Å². The van der Waals surface area contributed by atoms with Crippen LogP contribution in [0.3, 0.4) is 0 Å². The highest BCUT2D eigenvalue weighted by atomic mass is 79.9. The predicted molar refractivity (Wildman–Crippen MR) is 154 cm³/mol. The number of halogens is 1. The predicted octanol–water partition coefficient (Wildman–Crippen LogP) is 6.55. The minimum atomic E-state index is -3.83. The average molecular weight is 610 g/mol. The first kappa shape index (κ1) is 25.8. The fraction of sp³-hybridized carbons (Fsp3) is 0.0741. The van der Waals surface area contributed by atoms with Crippen molar-refractivity contribution in [1.29, 1.82) is 0 Å². The van der Waals surface area contributed by atoms with Gasteiger partial charge in [0.2, 0.25) is 5.13 Å². The fourth-order valence-electron chi connectivity index (χ4n) is 3.75. The summed E-state index contributed by atoms with van der Waals surface area (Å²) in [4.78, 5) is 18.3. The number of hydrogen-bond donors (Lipinski definition) is 0. The molecule has 0 aliphatic carbocycles. The van der Waals surface area contributed by atoms with Crippen molar-refractivity contribution < 1.29 is 17.6 Å². The Morgan fingerprint density at radius 2 is 1.82 bits per heavy atom. The molecule has 0 saturated carbocycles. The molecule has 0 bridgehead atoms. The topological polar surface area (TPSA) is 96.1 Å². The first-order valence-electron chi connectivity index (χ1n) is 11.5. The van der Waals surface area contributed by atoms with Gasteiger partial charge in [0.05, 0.1) is 33.3 Å². The number of rotatable bonds is 8. The van der Waals surface area contributed by atoms with Crippen LogP contribution < -0.4 is 9.31 Å². The lowest BCUT2D eigenvalue weighted by molar-refractivity contribution is 0.0987. The van der Waals surface area contributed by atoms with Crippen molar-refractivity contribution in [1.82, 2.24) is 4.98 Å². The summed E-state index contributed by atoms with van der Waals surface area (Å²) in [6.45, 7) is 2.03. The van der Waals surface area contributed by atoms with E-state index in [0.29, 0.717) is 16.6 Å². The average Bonchev–Trinajstić information content (AvgIpc) is 3.59. The smallest absolute Gasteiger partial charge is 0.280 e. The van der Waals surface area contributed by atoms with Crippen molar-refractivity contribution in [2.45, 2.75) is 11.8 Å². The third-order valence-corrected chi connectivity index (χ3v) is 8.98. The van der Waals surface area contributed by atoms with Crippen LogP contribution in [0.2, 0.25) is 0 Å². The molecule has 192 valence electrons. The quantitative estimate of drug-likeness (QED) is 0.147. The molecule has 0 radical (unpaired) electrons. The van der Waals surface area contributed by atoms with Crippen molar-refractivity contribution in [2.75, 3.05) is 15.9 Å². The molecular formula is C27H21BrN4O4S2. The Morgan fingerprint density at radius 3 is 2.50 bits per heavy atom. The molecule has 0 aliphatic rings. The highest BCUT2D eigenvalue weighted by molar-refractivity contribution is 9.10. The standard InChI is InChI=1S/C27H21BrN4O4S2/c1-2-31(21-7-4-3-5-8-21)38(34,35)23-13-10-19(11-14-23)26(33)32(29-18-22-9-6-16-36-22)27-30-24-15-12-20(28)17-25(24)37-27/h3-18H,2H2,1H3/b29-18+. The first-order chi connectivity index (χ1) is 18.4. The molecular weight excluding hydrogens is 588 g/mol. The van der Waals surface area contributed by atoms with E-state index < -0.39 is 15.9 Å². The summed E-state index contributed by atoms with van der Waals surface area (Å²) < 4.78 is 35.1. The van der Waals surface area contributed by atoms with Gasteiger partial charge < -0.3 is 4.42 Å². The number of benzene rings is 3. The normalized spacial score (nSPS) is 11.7. The van der Waals surface area contributed by atoms with Crippen LogP contribution in [0, 0.1) is 0 Å². The summed E-state index contributed by atoms with van der Waals surface area (Å²) >= 11 is 4.77. The number of para-hydroxylation sites is 1. The first-order valence-corrected chi connectivity index (χ1v) is 14.6. The van der Waals surface area contributed by atoms with E-state index in [2.05, 4.69) is 26.0 Å². The van der Waals surface area contributed by atoms with Gasteiger partial charge in [-0.1, -0.05) is 45.5 Å². The SMILES string of the molecule is CCN(c1ccccc1)S(=O)(=O)c1ccc(C(=O)N(/N=C/c2ccco2)c2nc3ccc(Br)cc3s2)cc1. The molecule has 2 aromatic heterocycles. The summed E-state index contributed by atoms with van der Waals surface area (Å²) in [6, 6.07) is 23.8. The highest BCUT2D eigenvalue weighted by Crippen LogP contribution is 2.32. The molecule has 0 unspecified atom stereocenters. The van der Waals surface area contributed by atoms with Gasteiger partial charge in [-0.2, -0.15) is 10.1 Å². The number of fused-ring (bicyclic) bond motifs is 1. The molecule has 3 aromatic carbocycles. The molecule has 38 heavy (non-hydrogen) atoms. The van der Waals surface area contributed by atoms with Crippen molar-refractivity contribution in [3.8, 4) is 0 Å². The van der Waals surface area contributed by atoms with E-state index in [1.807, 2.05) is 24.3 Å². The van der Waals surface area contributed by atoms with Gasteiger partial charge in [-0.3, -0.25) is 9.10 Å². The molecule has 0 spiro atoms. The molecule has 11 heteroatoms. The third-order valence-electron chi connectivity index (χ3n) is 5.58. The van der Waals surface area contributed by atoms with Crippen LogP contribution in [-0.4, -0.2) is 32.1 Å². The number of hydrogen-bond acceptors (Lipinski definition) is 7. The molecule has 2 heterocycles. The van der Waals surface area contributed by atoms with E-state index in [1.165, 1.54) is 57.4 Å². The number of amides is 1. The van der Waals surface area contributed by atoms with Crippen LogP contribution in [-0.2, 0) is 10.0 Å². The molecule has 0 N–H and O–H groups in total. The highest BCUT2D eigenvalue weighted by Gasteiger charge is 2.25. The summed E-state index contributed by atoms with van der Waals surface area (Å²) in [5, 5.41) is 5.91. The minimum Gasteiger partial charge on any atom is -0.463 e. The van der Waals surface area contributed by atoms with Crippen LogP contribution in [0.5, 0.6) is 0 Å². The number of sulfonamides is 1. The van der Waals surface area contributed by atoms with Crippen molar-refractivity contribution in [2.24, 2.45) is 5.10 Å². The third kappa shape index (κ3) is 5.26. The number of thiazole rings is 1. The summed E-state index contributed by atoms with van der Waals surface area (Å²) in [5.74, 6) is -0.000973. The molecule has 8 nitrogen and oxygen atoms in total. The fourth-order valence-corrected chi connectivity index (χ4v) is 6.70. The molecule has 5 aromatic rings. The number of hydrazone groups is 1. The zero-order chi connectivity index (χ0) is 26.7. The second-order valence-corrected chi connectivity index (χ2v) is 11.8. The van der Waals surface area contributed by atoms with E-state index in [4.69, 9.17) is 4.42 Å². The van der Waals surface area contributed by atoms with Gasteiger partial charge in [0.25, 0.3) is 15.9 Å². The van der Waals surface area contributed by atoms with Gasteiger partial charge >= 0.3 is 0 Å². The van der Waals surface area contributed by atoms with Gasteiger partial charge in [0.1, 0.15) is 5.76 Å². The number of nitrogens with zero attached hydrogens (tertiary/aromatic N) is 4. The molecule has 0 atom stereocenters. The second kappa shape index (κ2) is 10.9. The zero-order valence-electron chi connectivity index (χ0n) is 20.1. The van der Waals surface area contributed by atoms with Gasteiger partial charge in [-0.05, 0) is 73.7 Å². The Labute approximate surface area is 232 Å². The molecule has 5 rings (SSSR count). The molecule has 1 amide bonds. The maximum absolute atomic E-state index is 13.6. The van der Waals surface area contributed by atoms with Crippen molar-refractivity contribution in [3.05, 3.63) is 107 Å². The summed E-state index contributed by atoms with van der Waals surface area (Å²) in [7, 11) is -3.83. The lowest BCUT2D eigenvalue weighted by atomic mass is 10.2. The number of carbonyl (C=O) groups excluding carboxylic acids is 1. The van der Waals surface area contributed by atoms with Gasteiger partial charge in [0, 0.05) is 16.6 Å². The number of anilines is 2. The van der Waals surface area contributed by atoms with Gasteiger partial charge in [-0.25, -0.2) is 13.4 Å². The zero-order valence-corrected chi connectivity index (χ0v) is 23.3. The lowest BCUT2D eigenvalue weighted by Crippen LogP contribution is -2.31. The Balaban J connectivity index is 1.48. The number of aromatic nitrogens is 1. The Kier molecular flexibility index (Phi) is 7.41. The van der Waals surface area contributed by atoms with Crippen LogP contribution in [0.4, 0.5) is 10.8 Å². The van der Waals surface area contributed by atoms with E-state index in [-0.39, 0.29) is 17.0 Å². The Morgan fingerprint density at radius 1 is 1.05 bits per heavy atom. The Bertz CT molecular complexity index is 1700. The van der Waals surface area contributed by atoms with E-state index in [1.54, 1.807) is 43.3 Å². The van der Waals surface area contributed by atoms with E-state index in [0.717, 1.165) is 14.7 Å². The molecule has 0 saturated heterocycles. The Hall–Kier alpha value is -3.80. The summed E-state index contributed by atoms with van der Waals surface area (Å²) in [5.41, 5.74) is 1.54. The van der Waals surface area contributed by atoms with Crippen LogP contribution in [0.1, 0.15) is 23.0 Å². The largest absolute Gasteiger partial charge is 0.463 e. The van der Waals surface area contributed by atoms with Crippen molar-refractivity contribution in [3.63, 3.8) is 0 Å². The van der Waals surface area contributed by atoms with Gasteiger partial charge in [0.15, 0.2) is 0 Å². The van der Waals surface area contributed by atoms with Crippen LogP contribution >= 0.6 is 27.3 Å². The van der Waals surface area contributed by atoms with Crippen LogP contribution in [0.15, 0.2) is 110 Å². The molecule has 0 fully saturated rings. The molecule has 0 aliphatic heterocycles. The number of furan rings is 1.